The Kier molecular flexibility index (Phi) is 20.3. The van der Waals surface area contributed by atoms with Crippen molar-refractivity contribution in [3.8, 4) is 33.8 Å². The van der Waals surface area contributed by atoms with Crippen LogP contribution in [-0.4, -0.2) is 94.0 Å². The molecule has 16 nitrogen and oxygen atoms in total. The van der Waals surface area contributed by atoms with Crippen molar-refractivity contribution >= 4 is 70.2 Å². The summed E-state index contributed by atoms with van der Waals surface area (Å²) < 4.78 is 48.1. The summed E-state index contributed by atoms with van der Waals surface area (Å²) in [7, 11) is 0. The van der Waals surface area contributed by atoms with E-state index in [4.69, 9.17) is 47.9 Å². The van der Waals surface area contributed by atoms with Gasteiger partial charge in [-0.2, -0.15) is 0 Å². The fourth-order valence-corrected chi connectivity index (χ4v) is 11.8. The van der Waals surface area contributed by atoms with Gasteiger partial charge in [-0.1, -0.05) is 104 Å². The van der Waals surface area contributed by atoms with Gasteiger partial charge in [0, 0.05) is 89.8 Å². The van der Waals surface area contributed by atoms with E-state index in [1.165, 1.54) is 27.7 Å². The van der Waals surface area contributed by atoms with Crippen LogP contribution in [0.3, 0.4) is 0 Å². The average Bonchev–Trinajstić information content (AvgIpc) is 4.09. The number of rotatable bonds is 22. The van der Waals surface area contributed by atoms with Crippen LogP contribution in [0.25, 0.3) is 68.6 Å². The minimum Gasteiger partial charge on any atom is -0.465 e. The van der Waals surface area contributed by atoms with E-state index in [1.54, 1.807) is 0 Å². The molecule has 16 heteroatoms. The van der Waals surface area contributed by atoms with Gasteiger partial charge in [-0.3, -0.25) is 19.2 Å². The molecule has 7 heterocycles. The monoisotopic (exact) mass is 1150 g/mol. The summed E-state index contributed by atoms with van der Waals surface area (Å²) in [5, 5.41) is 0. The Morgan fingerprint density at radius 2 is 0.869 bits per heavy atom. The SMILES string of the molecule is CCCCCCc1c2nc(c(-c3ccc(O[C@@H]4OC(COC(C)=O)[C@@H](C)[C@H](C)C4OC(C)=O)cc3)c3ccc([nH]3)c(CCCCCC)c3nc(c(-c4ccc(OC5O[C@H](COC(C)=O)C(OC(C)=O)[C@@H](C)[C@H]5C)cc4)c4ccc1[nH]4)C=C3)C=C2. The zero-order chi connectivity index (χ0) is 59.6. The van der Waals surface area contributed by atoms with Crippen LogP contribution in [0.5, 0.6) is 11.5 Å². The number of aromatic nitrogens is 4. The number of H-pyrrole nitrogens is 2. The second kappa shape index (κ2) is 27.9. The molecule has 2 N–H and O–H groups in total. The Balaban J connectivity index is 1.14. The van der Waals surface area contributed by atoms with Crippen molar-refractivity contribution in [3.63, 3.8) is 0 Å². The number of benzene rings is 2. The van der Waals surface area contributed by atoms with E-state index < -0.39 is 60.9 Å². The van der Waals surface area contributed by atoms with Gasteiger partial charge < -0.3 is 47.9 Å². The number of esters is 4. The largest absolute Gasteiger partial charge is 0.465 e. The fourth-order valence-electron chi connectivity index (χ4n) is 11.8. The van der Waals surface area contributed by atoms with Crippen molar-refractivity contribution in [2.75, 3.05) is 13.2 Å². The summed E-state index contributed by atoms with van der Waals surface area (Å²) in [6.45, 7) is 17.8. The van der Waals surface area contributed by atoms with Crippen molar-refractivity contribution in [1.29, 1.82) is 0 Å². The van der Waals surface area contributed by atoms with Gasteiger partial charge in [-0.15, -0.1) is 0 Å². The van der Waals surface area contributed by atoms with Crippen molar-refractivity contribution in [3.05, 3.63) is 107 Å². The van der Waals surface area contributed by atoms with Crippen LogP contribution in [0.4, 0.5) is 0 Å². The predicted octanol–water partition coefficient (Wildman–Crippen LogP) is 14.0. The van der Waals surface area contributed by atoms with Crippen LogP contribution in [0.2, 0.25) is 0 Å². The zero-order valence-electron chi connectivity index (χ0n) is 50.3. The molecule has 2 fully saturated rings. The van der Waals surface area contributed by atoms with Gasteiger partial charge in [0.05, 0.1) is 28.9 Å². The van der Waals surface area contributed by atoms with Gasteiger partial charge in [-0.25, -0.2) is 9.97 Å². The molecule has 8 bridgehead atoms. The summed E-state index contributed by atoms with van der Waals surface area (Å²) in [6.07, 6.45) is 14.6. The molecular weight excluding hydrogens is 1060 g/mol. The summed E-state index contributed by atoms with van der Waals surface area (Å²) in [6, 6.07) is 24.4. The number of carbonyl (C=O) groups excluding carboxylic acids is 4. The molecule has 0 saturated carbocycles. The van der Waals surface area contributed by atoms with Crippen molar-refractivity contribution in [2.24, 2.45) is 23.7 Å². The van der Waals surface area contributed by atoms with E-state index >= 15 is 0 Å². The molecule has 9 rings (SSSR count). The molecule has 0 radical (unpaired) electrons. The second-order valence-electron chi connectivity index (χ2n) is 22.9. The first kappa shape index (κ1) is 61.0. The predicted molar refractivity (Wildman–Crippen MR) is 325 cm³/mol. The number of nitrogens with one attached hydrogen (secondary N) is 2. The van der Waals surface area contributed by atoms with E-state index in [2.05, 4.69) is 72.4 Å². The van der Waals surface area contributed by atoms with Crippen LogP contribution < -0.4 is 9.47 Å². The van der Waals surface area contributed by atoms with E-state index in [1.807, 2.05) is 76.2 Å². The highest BCUT2D eigenvalue weighted by Crippen LogP contribution is 2.40. The van der Waals surface area contributed by atoms with Gasteiger partial charge in [0.1, 0.15) is 36.9 Å². The maximum Gasteiger partial charge on any atom is 0.303 e. The van der Waals surface area contributed by atoms with Crippen molar-refractivity contribution < 1.29 is 57.1 Å². The number of hydrogen-bond donors (Lipinski definition) is 2. The molecule has 84 heavy (non-hydrogen) atoms. The summed E-state index contributed by atoms with van der Waals surface area (Å²) in [5.41, 5.74) is 13.0. The lowest BCUT2D eigenvalue weighted by atomic mass is 9.83. The number of aromatic amines is 2. The normalized spacial score (nSPS) is 22.7. The van der Waals surface area contributed by atoms with E-state index in [9.17, 15) is 19.2 Å². The summed E-state index contributed by atoms with van der Waals surface area (Å²) in [5.74, 6) is -1.21. The number of aryl methyl sites for hydroxylation is 2. The maximum absolute atomic E-state index is 12.4. The highest BCUT2D eigenvalue weighted by Gasteiger charge is 2.46. The first-order chi connectivity index (χ1) is 40.5. The smallest absolute Gasteiger partial charge is 0.303 e. The second-order valence-corrected chi connectivity index (χ2v) is 22.9. The number of nitrogens with zero attached hydrogens (tertiary/aromatic N) is 2. The third kappa shape index (κ3) is 14.5. The molecule has 2 saturated heterocycles. The molecule has 0 aliphatic carbocycles. The minimum atomic E-state index is -0.949. The first-order valence-electron chi connectivity index (χ1n) is 30.1. The molecule has 446 valence electrons. The third-order valence-corrected chi connectivity index (χ3v) is 16.8. The molecule has 2 aromatic carbocycles. The average molecular weight is 1150 g/mol. The van der Waals surface area contributed by atoms with Crippen LogP contribution in [0.15, 0.2) is 72.8 Å². The van der Waals surface area contributed by atoms with Crippen LogP contribution in [-0.2, 0) is 60.4 Å². The minimum absolute atomic E-state index is 0.0526. The highest BCUT2D eigenvalue weighted by atomic mass is 16.7. The van der Waals surface area contributed by atoms with Gasteiger partial charge in [-0.05, 0) is 116 Å². The van der Waals surface area contributed by atoms with E-state index in [-0.39, 0.29) is 36.9 Å². The Morgan fingerprint density at radius 1 is 0.452 bits per heavy atom. The number of fused-ring (bicyclic) bond motifs is 8. The molecule has 3 aromatic heterocycles. The third-order valence-electron chi connectivity index (χ3n) is 16.8. The number of ether oxygens (including phenoxy) is 8. The Morgan fingerprint density at radius 3 is 1.33 bits per heavy atom. The molecule has 4 aliphatic rings. The number of unbranched alkanes of at least 4 members (excludes halogenated alkanes) is 6. The van der Waals surface area contributed by atoms with Crippen LogP contribution >= 0.6 is 0 Å². The van der Waals surface area contributed by atoms with Gasteiger partial charge in [0.25, 0.3) is 0 Å². The molecule has 10 atom stereocenters. The Hall–Kier alpha value is -7.56. The molecule has 4 unspecified atom stereocenters. The highest BCUT2D eigenvalue weighted by molar-refractivity contribution is 5.94. The number of carbonyl (C=O) groups is 4. The Bertz CT molecular complexity index is 3370. The standard InChI is InChI=1S/C68H82N4O12/c1-11-13-15-17-19-51-53-29-33-57(69-53)63(47-21-25-49(26-22-47)81-67-42(6)41(5)65(79-45(9)75)62(84-67)38-78-44(8)74)58-34-30-54(70-58)52(20-18-16-14-12-2)56-32-36-60(72-56)64(59-35-31-55(51)71-59)48-23-27-50(28-24-48)82-68-66(80-46(10)76)40(4)39(3)61(83-68)37-77-43(7)73/h21-36,39-42,61-62,65-69,72H,11-20,37-38H2,1-10H3/t39-,40-,41-,42+,61?,62+,65?,66?,67?,68+/m0/s1. The summed E-state index contributed by atoms with van der Waals surface area (Å²) in [4.78, 5) is 66.9. The lowest BCUT2D eigenvalue weighted by Crippen LogP contribution is -2.54. The molecule has 0 spiro atoms. The first-order valence-corrected chi connectivity index (χ1v) is 30.1. The van der Waals surface area contributed by atoms with Gasteiger partial charge in [0.2, 0.25) is 12.6 Å². The van der Waals surface area contributed by atoms with Crippen LogP contribution in [0, 0.1) is 23.7 Å². The van der Waals surface area contributed by atoms with Gasteiger partial charge >= 0.3 is 23.9 Å². The van der Waals surface area contributed by atoms with E-state index in [0.717, 1.165) is 142 Å². The fraction of sp³-hybridized carbons (Fsp3) is 0.471. The number of hydrogen-bond acceptors (Lipinski definition) is 14. The summed E-state index contributed by atoms with van der Waals surface area (Å²) >= 11 is 0. The topological polar surface area (TPSA) is 199 Å². The lowest BCUT2D eigenvalue weighted by molar-refractivity contribution is -0.253. The lowest BCUT2D eigenvalue weighted by Gasteiger charge is -2.43. The quantitative estimate of drug-likeness (QED) is 0.0369. The zero-order valence-corrected chi connectivity index (χ0v) is 50.3. The Labute approximate surface area is 493 Å². The van der Waals surface area contributed by atoms with Gasteiger partial charge in [0.15, 0.2) is 6.10 Å². The molecule has 0 amide bonds. The van der Waals surface area contributed by atoms with E-state index in [0.29, 0.717) is 11.5 Å². The molecular formula is C68H82N4O12. The van der Waals surface area contributed by atoms with Crippen LogP contribution in [0.1, 0.15) is 155 Å². The van der Waals surface area contributed by atoms with Crippen molar-refractivity contribution in [1.82, 2.24) is 19.9 Å². The van der Waals surface area contributed by atoms with Crippen molar-refractivity contribution in [2.45, 2.75) is 170 Å². The molecule has 5 aromatic rings. The maximum atomic E-state index is 12.4. The molecule has 4 aliphatic heterocycles.